The van der Waals surface area contributed by atoms with Crippen LogP contribution in [0.5, 0.6) is 23.0 Å². The quantitative estimate of drug-likeness (QED) is 0.118. The zero-order valence-corrected chi connectivity index (χ0v) is 22.0. The highest BCUT2D eigenvalue weighted by molar-refractivity contribution is 5.97. The van der Waals surface area contributed by atoms with Crippen LogP contribution in [0, 0.1) is 10.1 Å². The van der Waals surface area contributed by atoms with Crippen LogP contribution in [0.4, 0.5) is 11.4 Å². The van der Waals surface area contributed by atoms with Gasteiger partial charge in [-0.05, 0) is 42.5 Å². The zero-order chi connectivity index (χ0) is 29.2. The molecule has 0 saturated heterocycles. The maximum absolute atomic E-state index is 13.0. The molecule has 0 atom stereocenters. The van der Waals surface area contributed by atoms with Gasteiger partial charge in [0.05, 0.1) is 38.0 Å². The van der Waals surface area contributed by atoms with Crippen molar-refractivity contribution in [3.63, 3.8) is 0 Å². The van der Waals surface area contributed by atoms with E-state index in [0.717, 1.165) is 18.3 Å². The standard InChI is InChI=1S/C27H26N4O9/c1-5-24(32)29-19-8-6-16(7-9-19)26(33)30-28-15-18-12-20(31(35)36)10-11-21(18)40-27(34)17-13-22(37-2)25(39-4)23(14-17)38-3/h6-15H,5H2,1-4H3,(H,29,32)(H,30,33)/b28-15+. The van der Waals surface area contributed by atoms with Crippen molar-refractivity contribution in [3.05, 3.63) is 81.4 Å². The van der Waals surface area contributed by atoms with Gasteiger partial charge < -0.3 is 24.3 Å². The maximum atomic E-state index is 13.0. The van der Waals surface area contributed by atoms with Gasteiger partial charge >= 0.3 is 5.97 Å². The van der Waals surface area contributed by atoms with E-state index < -0.39 is 16.8 Å². The van der Waals surface area contributed by atoms with E-state index in [4.69, 9.17) is 18.9 Å². The molecule has 3 aromatic rings. The van der Waals surface area contributed by atoms with Crippen LogP contribution in [-0.2, 0) is 4.79 Å². The number of methoxy groups -OCH3 is 3. The van der Waals surface area contributed by atoms with Crippen molar-refractivity contribution < 1.29 is 38.3 Å². The molecule has 40 heavy (non-hydrogen) atoms. The van der Waals surface area contributed by atoms with Gasteiger partial charge in [0, 0.05) is 35.4 Å². The van der Waals surface area contributed by atoms with Crippen LogP contribution >= 0.6 is 0 Å². The lowest BCUT2D eigenvalue weighted by molar-refractivity contribution is -0.384. The summed E-state index contributed by atoms with van der Waals surface area (Å²) in [5.74, 6) is -0.890. The molecule has 0 spiro atoms. The van der Waals surface area contributed by atoms with E-state index in [9.17, 15) is 24.5 Å². The Labute approximate surface area is 228 Å². The fourth-order valence-electron chi connectivity index (χ4n) is 3.38. The average Bonchev–Trinajstić information content (AvgIpc) is 2.96. The number of hydrogen-bond acceptors (Lipinski definition) is 10. The molecule has 13 heteroatoms. The number of nitrogens with zero attached hydrogens (tertiary/aromatic N) is 2. The summed E-state index contributed by atoms with van der Waals surface area (Å²) in [4.78, 5) is 47.6. The summed E-state index contributed by atoms with van der Waals surface area (Å²) in [5, 5.41) is 17.8. The Bertz CT molecular complexity index is 1430. The third-order valence-corrected chi connectivity index (χ3v) is 5.43. The van der Waals surface area contributed by atoms with E-state index in [0.29, 0.717) is 12.1 Å². The summed E-state index contributed by atoms with van der Waals surface area (Å²) in [6, 6.07) is 12.4. The normalized spacial score (nSPS) is 10.5. The minimum atomic E-state index is -0.818. The second-order valence-electron chi connectivity index (χ2n) is 7.96. The summed E-state index contributed by atoms with van der Waals surface area (Å²) in [7, 11) is 4.20. The Kier molecular flexibility index (Phi) is 9.73. The van der Waals surface area contributed by atoms with Crippen molar-refractivity contribution in [2.24, 2.45) is 5.10 Å². The molecule has 0 fully saturated rings. The number of amides is 2. The first-order chi connectivity index (χ1) is 19.2. The second kappa shape index (κ2) is 13.4. The Hall–Kier alpha value is -5.46. The summed E-state index contributed by atoms with van der Waals surface area (Å²) >= 11 is 0. The molecule has 0 heterocycles. The number of anilines is 1. The van der Waals surface area contributed by atoms with Gasteiger partial charge in [0.1, 0.15) is 5.75 Å². The smallest absolute Gasteiger partial charge is 0.343 e. The molecule has 0 aliphatic heterocycles. The monoisotopic (exact) mass is 550 g/mol. The largest absolute Gasteiger partial charge is 0.493 e. The van der Waals surface area contributed by atoms with Crippen LogP contribution in [0.25, 0.3) is 0 Å². The molecule has 13 nitrogen and oxygen atoms in total. The number of esters is 1. The highest BCUT2D eigenvalue weighted by atomic mass is 16.6. The van der Waals surface area contributed by atoms with Gasteiger partial charge in [0.25, 0.3) is 11.6 Å². The van der Waals surface area contributed by atoms with Gasteiger partial charge in [0.2, 0.25) is 11.7 Å². The van der Waals surface area contributed by atoms with Crippen LogP contribution < -0.4 is 29.7 Å². The van der Waals surface area contributed by atoms with Gasteiger partial charge in [-0.3, -0.25) is 19.7 Å². The first-order valence-corrected chi connectivity index (χ1v) is 11.7. The molecule has 0 aliphatic carbocycles. The van der Waals surface area contributed by atoms with Gasteiger partial charge in [-0.25, -0.2) is 10.2 Å². The lowest BCUT2D eigenvalue weighted by Gasteiger charge is -2.14. The predicted molar refractivity (Wildman–Crippen MR) is 145 cm³/mol. The molecule has 2 amide bonds. The molecule has 3 aromatic carbocycles. The lowest BCUT2D eigenvalue weighted by Crippen LogP contribution is -2.18. The summed E-state index contributed by atoms with van der Waals surface area (Å²) in [5.41, 5.74) is 2.91. The highest BCUT2D eigenvalue weighted by Gasteiger charge is 2.20. The Morgan fingerprint density at radius 2 is 1.55 bits per heavy atom. The second-order valence-corrected chi connectivity index (χ2v) is 7.96. The van der Waals surface area contributed by atoms with E-state index in [1.807, 2.05) is 0 Å². The van der Waals surface area contributed by atoms with Crippen molar-refractivity contribution in [2.75, 3.05) is 26.6 Å². The van der Waals surface area contributed by atoms with Gasteiger partial charge in [-0.15, -0.1) is 0 Å². The van der Waals surface area contributed by atoms with Crippen molar-refractivity contribution >= 4 is 35.4 Å². The van der Waals surface area contributed by atoms with Gasteiger partial charge in [0.15, 0.2) is 11.5 Å². The molecule has 0 aromatic heterocycles. The average molecular weight is 551 g/mol. The molecule has 0 aliphatic rings. The molecular formula is C27H26N4O9. The van der Waals surface area contributed by atoms with E-state index in [1.165, 1.54) is 51.7 Å². The number of hydrazone groups is 1. The summed E-state index contributed by atoms with van der Waals surface area (Å²) < 4.78 is 21.3. The number of hydrogen-bond donors (Lipinski definition) is 2. The first kappa shape index (κ1) is 29.1. The number of nitro groups is 1. The topological polar surface area (TPSA) is 168 Å². The maximum Gasteiger partial charge on any atom is 0.343 e. The molecular weight excluding hydrogens is 524 g/mol. The number of nitro benzene ring substituents is 1. The Morgan fingerprint density at radius 1 is 0.900 bits per heavy atom. The number of benzene rings is 3. The van der Waals surface area contributed by atoms with E-state index in [-0.39, 0.29) is 51.3 Å². The summed E-state index contributed by atoms with van der Waals surface area (Å²) in [6.45, 7) is 1.72. The molecule has 0 unspecified atom stereocenters. The minimum Gasteiger partial charge on any atom is -0.493 e. The number of carbonyl (C=O) groups excluding carboxylic acids is 3. The number of carbonyl (C=O) groups is 3. The van der Waals surface area contributed by atoms with Gasteiger partial charge in [-0.2, -0.15) is 5.10 Å². The predicted octanol–water partition coefficient (Wildman–Crippen LogP) is 3.95. The molecule has 208 valence electrons. The van der Waals surface area contributed by atoms with Crippen molar-refractivity contribution in [1.29, 1.82) is 0 Å². The third kappa shape index (κ3) is 7.10. The number of nitrogens with one attached hydrogen (secondary N) is 2. The zero-order valence-electron chi connectivity index (χ0n) is 22.0. The fourth-order valence-corrected chi connectivity index (χ4v) is 3.38. The van der Waals surface area contributed by atoms with E-state index in [2.05, 4.69) is 15.8 Å². The summed E-state index contributed by atoms with van der Waals surface area (Å²) in [6.07, 6.45) is 1.42. The first-order valence-electron chi connectivity index (χ1n) is 11.7. The van der Waals surface area contributed by atoms with Gasteiger partial charge in [-0.1, -0.05) is 6.92 Å². The number of non-ortho nitro benzene ring substituents is 1. The Balaban J connectivity index is 1.81. The van der Waals surface area contributed by atoms with E-state index in [1.54, 1.807) is 19.1 Å². The molecule has 3 rings (SSSR count). The third-order valence-electron chi connectivity index (χ3n) is 5.43. The Morgan fingerprint density at radius 3 is 2.10 bits per heavy atom. The highest BCUT2D eigenvalue weighted by Crippen LogP contribution is 2.38. The van der Waals surface area contributed by atoms with Crippen LogP contribution in [-0.4, -0.2) is 50.3 Å². The number of ether oxygens (including phenoxy) is 4. The van der Waals surface area contributed by atoms with Crippen molar-refractivity contribution in [1.82, 2.24) is 5.43 Å². The molecule has 0 saturated carbocycles. The van der Waals surface area contributed by atoms with Crippen LogP contribution in [0.15, 0.2) is 59.7 Å². The SMILES string of the molecule is CCC(=O)Nc1ccc(C(=O)N/N=C/c2cc([N+](=O)[O-])ccc2OC(=O)c2cc(OC)c(OC)c(OC)c2)cc1. The fraction of sp³-hybridized carbons (Fsp3) is 0.185. The minimum absolute atomic E-state index is 0.0490. The molecule has 0 bridgehead atoms. The van der Waals surface area contributed by atoms with E-state index >= 15 is 0 Å². The molecule has 0 radical (unpaired) electrons. The van der Waals surface area contributed by atoms with Crippen LogP contribution in [0.2, 0.25) is 0 Å². The molecule has 2 N–H and O–H groups in total. The lowest BCUT2D eigenvalue weighted by atomic mass is 10.1. The van der Waals surface area contributed by atoms with Crippen molar-refractivity contribution in [2.45, 2.75) is 13.3 Å². The van der Waals surface area contributed by atoms with Crippen LogP contribution in [0.3, 0.4) is 0 Å². The van der Waals surface area contributed by atoms with Crippen LogP contribution in [0.1, 0.15) is 39.6 Å². The van der Waals surface area contributed by atoms with Crippen molar-refractivity contribution in [3.8, 4) is 23.0 Å². The number of rotatable bonds is 11.